The number of rotatable bonds is 4. The maximum atomic E-state index is 12.5. The molecule has 5 heteroatoms. The van der Waals surface area contributed by atoms with Crippen molar-refractivity contribution in [2.45, 2.75) is 52.5 Å². The normalized spacial score (nSPS) is 17.8. The van der Waals surface area contributed by atoms with Gasteiger partial charge in [0.25, 0.3) is 0 Å². The third kappa shape index (κ3) is 5.09. The van der Waals surface area contributed by atoms with Crippen LogP contribution in [0.3, 0.4) is 0 Å². The van der Waals surface area contributed by atoms with E-state index in [-0.39, 0.29) is 11.8 Å². The van der Waals surface area contributed by atoms with Crippen LogP contribution < -0.4 is 5.32 Å². The molecule has 2 amide bonds. The number of carbonyl (C=O) groups is 2. The zero-order chi connectivity index (χ0) is 14.3. The lowest BCUT2D eigenvalue weighted by Crippen LogP contribution is -2.51. The standard InChI is InChI=1S/C14H26N2O3/c1-4-19-14(18)15-12(11(2)3)13(17)16-9-7-5-6-8-10-16/h11-12H,4-10H2,1-3H3,(H,15,18)/t12-/m0/s1. The SMILES string of the molecule is CCOC(=O)N[C@H](C(=O)N1CCCCCC1)C(C)C. The van der Waals surface area contributed by atoms with E-state index in [0.717, 1.165) is 25.9 Å². The van der Waals surface area contributed by atoms with Gasteiger partial charge in [0.1, 0.15) is 6.04 Å². The monoisotopic (exact) mass is 270 g/mol. The number of likely N-dealkylation sites (tertiary alicyclic amines) is 1. The van der Waals surface area contributed by atoms with Crippen molar-refractivity contribution in [3.63, 3.8) is 0 Å². The van der Waals surface area contributed by atoms with E-state index in [9.17, 15) is 9.59 Å². The number of hydrogen-bond acceptors (Lipinski definition) is 3. The quantitative estimate of drug-likeness (QED) is 0.851. The highest BCUT2D eigenvalue weighted by Crippen LogP contribution is 2.13. The van der Waals surface area contributed by atoms with Crippen LogP contribution in [0.1, 0.15) is 46.5 Å². The summed E-state index contributed by atoms with van der Waals surface area (Å²) in [4.78, 5) is 25.9. The molecule has 1 rings (SSSR count). The zero-order valence-corrected chi connectivity index (χ0v) is 12.3. The molecule has 1 saturated heterocycles. The van der Waals surface area contributed by atoms with E-state index in [4.69, 9.17) is 4.74 Å². The summed E-state index contributed by atoms with van der Waals surface area (Å²) >= 11 is 0. The van der Waals surface area contributed by atoms with Gasteiger partial charge >= 0.3 is 6.09 Å². The third-order valence-corrected chi connectivity index (χ3v) is 3.40. The number of hydrogen-bond donors (Lipinski definition) is 1. The molecule has 0 aromatic heterocycles. The minimum Gasteiger partial charge on any atom is -0.450 e. The Morgan fingerprint density at radius 1 is 1.16 bits per heavy atom. The van der Waals surface area contributed by atoms with Gasteiger partial charge < -0.3 is 15.0 Å². The topological polar surface area (TPSA) is 58.6 Å². The molecule has 110 valence electrons. The fraction of sp³-hybridized carbons (Fsp3) is 0.857. The Morgan fingerprint density at radius 2 is 1.74 bits per heavy atom. The molecular formula is C14H26N2O3. The Kier molecular flexibility index (Phi) is 6.67. The molecule has 0 spiro atoms. The van der Waals surface area contributed by atoms with Gasteiger partial charge in [-0.2, -0.15) is 0 Å². The predicted octanol–water partition coefficient (Wildman–Crippen LogP) is 2.16. The van der Waals surface area contributed by atoms with E-state index in [0.29, 0.717) is 6.61 Å². The molecule has 0 radical (unpaired) electrons. The minimum absolute atomic E-state index is 0.0185. The number of alkyl carbamates (subject to hydrolysis) is 1. The first-order valence-corrected chi connectivity index (χ1v) is 7.28. The average molecular weight is 270 g/mol. The summed E-state index contributed by atoms with van der Waals surface area (Å²) in [7, 11) is 0. The van der Waals surface area contributed by atoms with Gasteiger partial charge in [-0.15, -0.1) is 0 Å². The van der Waals surface area contributed by atoms with Crippen LogP contribution in [0.5, 0.6) is 0 Å². The van der Waals surface area contributed by atoms with Gasteiger partial charge in [-0.05, 0) is 25.7 Å². The van der Waals surface area contributed by atoms with E-state index < -0.39 is 12.1 Å². The van der Waals surface area contributed by atoms with Crippen molar-refractivity contribution in [3.8, 4) is 0 Å². The summed E-state index contributed by atoms with van der Waals surface area (Å²) in [5, 5.41) is 2.68. The highest BCUT2D eigenvalue weighted by Gasteiger charge is 2.29. The van der Waals surface area contributed by atoms with Crippen molar-refractivity contribution in [3.05, 3.63) is 0 Å². The third-order valence-electron chi connectivity index (χ3n) is 3.40. The molecule has 0 unspecified atom stereocenters. The highest BCUT2D eigenvalue weighted by molar-refractivity contribution is 5.86. The van der Waals surface area contributed by atoms with Crippen LogP contribution in [0.2, 0.25) is 0 Å². The van der Waals surface area contributed by atoms with Crippen molar-refractivity contribution in [2.75, 3.05) is 19.7 Å². The van der Waals surface area contributed by atoms with Crippen LogP contribution in [0.15, 0.2) is 0 Å². The molecule has 1 aliphatic rings. The van der Waals surface area contributed by atoms with Gasteiger partial charge in [-0.25, -0.2) is 4.79 Å². The maximum Gasteiger partial charge on any atom is 0.407 e. The van der Waals surface area contributed by atoms with E-state index in [1.807, 2.05) is 18.7 Å². The molecule has 1 atom stereocenters. The van der Waals surface area contributed by atoms with Crippen molar-refractivity contribution in [1.82, 2.24) is 10.2 Å². The Bertz CT molecular complexity index is 297. The molecule has 1 heterocycles. The number of nitrogens with zero attached hydrogens (tertiary/aromatic N) is 1. The van der Waals surface area contributed by atoms with E-state index in [2.05, 4.69) is 5.32 Å². The van der Waals surface area contributed by atoms with E-state index in [1.54, 1.807) is 6.92 Å². The number of amides is 2. The summed E-state index contributed by atoms with van der Waals surface area (Å²) in [6.45, 7) is 7.54. The van der Waals surface area contributed by atoms with Crippen molar-refractivity contribution in [1.29, 1.82) is 0 Å². The van der Waals surface area contributed by atoms with Gasteiger partial charge in [-0.1, -0.05) is 26.7 Å². The maximum absolute atomic E-state index is 12.5. The van der Waals surface area contributed by atoms with Crippen LogP contribution in [-0.4, -0.2) is 42.6 Å². The predicted molar refractivity (Wildman–Crippen MR) is 73.8 cm³/mol. The largest absolute Gasteiger partial charge is 0.450 e. The fourth-order valence-electron chi connectivity index (χ4n) is 2.30. The molecule has 5 nitrogen and oxygen atoms in total. The van der Waals surface area contributed by atoms with E-state index in [1.165, 1.54) is 12.8 Å². The Morgan fingerprint density at radius 3 is 2.21 bits per heavy atom. The molecule has 0 bridgehead atoms. The summed E-state index contributed by atoms with van der Waals surface area (Å²) in [5.41, 5.74) is 0. The van der Waals surface area contributed by atoms with E-state index >= 15 is 0 Å². The molecule has 0 aliphatic carbocycles. The van der Waals surface area contributed by atoms with Crippen LogP contribution in [0.4, 0.5) is 4.79 Å². The fourth-order valence-corrected chi connectivity index (χ4v) is 2.30. The second-order valence-electron chi connectivity index (χ2n) is 5.33. The average Bonchev–Trinajstić information content (AvgIpc) is 2.64. The molecule has 1 aliphatic heterocycles. The summed E-state index contributed by atoms with van der Waals surface area (Å²) < 4.78 is 4.86. The minimum atomic E-state index is -0.510. The Labute approximate surface area is 115 Å². The van der Waals surface area contributed by atoms with Crippen LogP contribution in [-0.2, 0) is 9.53 Å². The van der Waals surface area contributed by atoms with Crippen molar-refractivity contribution >= 4 is 12.0 Å². The molecule has 1 N–H and O–H groups in total. The lowest BCUT2D eigenvalue weighted by atomic mass is 10.0. The van der Waals surface area contributed by atoms with Gasteiger partial charge in [0.15, 0.2) is 0 Å². The summed E-state index contributed by atoms with van der Waals surface area (Å²) in [6, 6.07) is -0.489. The Balaban J connectivity index is 2.63. The zero-order valence-electron chi connectivity index (χ0n) is 12.3. The van der Waals surface area contributed by atoms with Crippen molar-refractivity contribution < 1.29 is 14.3 Å². The van der Waals surface area contributed by atoms with Crippen LogP contribution in [0.25, 0.3) is 0 Å². The molecule has 19 heavy (non-hydrogen) atoms. The highest BCUT2D eigenvalue weighted by atomic mass is 16.5. The first-order chi connectivity index (χ1) is 9.06. The number of ether oxygens (including phenoxy) is 1. The smallest absolute Gasteiger partial charge is 0.407 e. The summed E-state index contributed by atoms with van der Waals surface area (Å²) in [6.07, 6.45) is 3.96. The lowest BCUT2D eigenvalue weighted by Gasteiger charge is -2.28. The van der Waals surface area contributed by atoms with Gasteiger partial charge in [0, 0.05) is 13.1 Å². The van der Waals surface area contributed by atoms with Gasteiger partial charge in [0.2, 0.25) is 5.91 Å². The number of nitrogens with one attached hydrogen (secondary N) is 1. The second kappa shape index (κ2) is 8.02. The van der Waals surface area contributed by atoms with Crippen LogP contribution >= 0.6 is 0 Å². The molecule has 0 saturated carbocycles. The Hall–Kier alpha value is -1.26. The number of carbonyl (C=O) groups excluding carboxylic acids is 2. The molecule has 0 aromatic carbocycles. The van der Waals surface area contributed by atoms with Gasteiger partial charge in [0.05, 0.1) is 6.61 Å². The first-order valence-electron chi connectivity index (χ1n) is 7.28. The molecular weight excluding hydrogens is 244 g/mol. The van der Waals surface area contributed by atoms with Crippen LogP contribution in [0, 0.1) is 5.92 Å². The molecule has 1 fully saturated rings. The second-order valence-corrected chi connectivity index (χ2v) is 5.33. The van der Waals surface area contributed by atoms with Gasteiger partial charge in [-0.3, -0.25) is 4.79 Å². The summed E-state index contributed by atoms with van der Waals surface area (Å²) in [5.74, 6) is 0.0742. The first kappa shape index (κ1) is 15.8. The lowest BCUT2D eigenvalue weighted by molar-refractivity contribution is -0.134. The molecule has 0 aromatic rings. The van der Waals surface area contributed by atoms with Crippen molar-refractivity contribution in [2.24, 2.45) is 5.92 Å².